The highest BCUT2D eigenvalue weighted by Crippen LogP contribution is 2.23. The maximum atomic E-state index is 12.0. The van der Waals surface area contributed by atoms with Crippen molar-refractivity contribution in [2.75, 3.05) is 32.1 Å². The third-order valence-electron chi connectivity index (χ3n) is 2.80. The number of hydrogen-bond donors (Lipinski definition) is 2. The molecule has 0 radical (unpaired) electrons. The normalized spacial score (nSPS) is 10.7. The standard InChI is InChI=1S/C16H26N2O3/c1-4-20-9-5-8-18-16(19)13-6-7-15(14(17)10-13)21-11-12(2)3/h6-7,10,12H,4-5,8-9,11,17H2,1-3H3,(H,18,19). The van der Waals surface area contributed by atoms with Crippen LogP contribution in [0, 0.1) is 5.92 Å². The molecular formula is C16H26N2O3. The van der Waals surface area contributed by atoms with Gasteiger partial charge in [0, 0.05) is 25.3 Å². The summed E-state index contributed by atoms with van der Waals surface area (Å²) < 4.78 is 10.8. The molecule has 0 aliphatic carbocycles. The van der Waals surface area contributed by atoms with Crippen LogP contribution in [0.25, 0.3) is 0 Å². The highest BCUT2D eigenvalue weighted by molar-refractivity contribution is 5.95. The van der Waals surface area contributed by atoms with E-state index >= 15 is 0 Å². The Morgan fingerprint density at radius 3 is 2.76 bits per heavy atom. The van der Waals surface area contributed by atoms with Crippen LogP contribution in [0.4, 0.5) is 5.69 Å². The van der Waals surface area contributed by atoms with E-state index < -0.39 is 0 Å². The van der Waals surface area contributed by atoms with Gasteiger partial charge in [0.15, 0.2) is 0 Å². The van der Waals surface area contributed by atoms with Crippen LogP contribution in [0.5, 0.6) is 5.75 Å². The van der Waals surface area contributed by atoms with E-state index in [1.165, 1.54) is 0 Å². The van der Waals surface area contributed by atoms with Crippen LogP contribution < -0.4 is 15.8 Å². The van der Waals surface area contributed by atoms with E-state index in [4.69, 9.17) is 15.2 Å². The predicted molar refractivity (Wildman–Crippen MR) is 84.6 cm³/mol. The fourth-order valence-corrected chi connectivity index (χ4v) is 1.70. The molecule has 5 nitrogen and oxygen atoms in total. The van der Waals surface area contributed by atoms with Crippen LogP contribution in [0.1, 0.15) is 37.6 Å². The van der Waals surface area contributed by atoms with Crippen molar-refractivity contribution in [1.82, 2.24) is 5.32 Å². The summed E-state index contributed by atoms with van der Waals surface area (Å²) in [6.45, 7) is 8.63. The average molecular weight is 294 g/mol. The van der Waals surface area contributed by atoms with Gasteiger partial charge in [-0.25, -0.2) is 0 Å². The fourth-order valence-electron chi connectivity index (χ4n) is 1.70. The van der Waals surface area contributed by atoms with E-state index in [0.29, 0.717) is 49.3 Å². The average Bonchev–Trinajstić information content (AvgIpc) is 2.45. The molecule has 1 amide bonds. The van der Waals surface area contributed by atoms with Crippen molar-refractivity contribution in [1.29, 1.82) is 0 Å². The van der Waals surface area contributed by atoms with Crippen LogP contribution in [0.2, 0.25) is 0 Å². The predicted octanol–water partition coefficient (Wildman–Crippen LogP) is 2.46. The molecule has 0 fully saturated rings. The van der Waals surface area contributed by atoms with E-state index in [1.54, 1.807) is 18.2 Å². The first kappa shape index (κ1) is 17.3. The quantitative estimate of drug-likeness (QED) is 0.542. The molecular weight excluding hydrogens is 268 g/mol. The molecule has 0 unspecified atom stereocenters. The first-order chi connectivity index (χ1) is 10.0. The van der Waals surface area contributed by atoms with Gasteiger partial charge in [-0.1, -0.05) is 13.8 Å². The van der Waals surface area contributed by atoms with Crippen molar-refractivity contribution < 1.29 is 14.3 Å². The topological polar surface area (TPSA) is 73.6 Å². The number of carbonyl (C=O) groups is 1. The fraction of sp³-hybridized carbons (Fsp3) is 0.562. The second-order valence-electron chi connectivity index (χ2n) is 5.26. The molecule has 3 N–H and O–H groups in total. The molecule has 0 aliphatic rings. The van der Waals surface area contributed by atoms with Crippen LogP contribution in [0.15, 0.2) is 18.2 Å². The zero-order valence-electron chi connectivity index (χ0n) is 13.1. The summed E-state index contributed by atoms with van der Waals surface area (Å²) in [5.41, 5.74) is 6.94. The van der Waals surface area contributed by atoms with Gasteiger partial charge in [0.1, 0.15) is 5.75 Å². The van der Waals surface area contributed by atoms with Crippen molar-refractivity contribution in [2.24, 2.45) is 5.92 Å². The first-order valence-corrected chi connectivity index (χ1v) is 7.42. The number of ether oxygens (including phenoxy) is 2. The number of nitrogen functional groups attached to an aromatic ring is 1. The molecule has 0 saturated heterocycles. The zero-order chi connectivity index (χ0) is 15.7. The van der Waals surface area contributed by atoms with Crippen molar-refractivity contribution in [3.8, 4) is 5.75 Å². The Kier molecular flexibility index (Phi) is 7.61. The van der Waals surface area contributed by atoms with E-state index in [1.807, 2.05) is 6.92 Å². The Labute approximate surface area is 126 Å². The van der Waals surface area contributed by atoms with E-state index in [-0.39, 0.29) is 5.91 Å². The lowest BCUT2D eigenvalue weighted by molar-refractivity contribution is 0.0944. The molecule has 1 aromatic rings. The smallest absolute Gasteiger partial charge is 0.251 e. The highest BCUT2D eigenvalue weighted by Gasteiger charge is 2.09. The molecule has 1 rings (SSSR count). The Balaban J connectivity index is 2.48. The van der Waals surface area contributed by atoms with Crippen LogP contribution in [0.3, 0.4) is 0 Å². The highest BCUT2D eigenvalue weighted by atomic mass is 16.5. The third-order valence-corrected chi connectivity index (χ3v) is 2.80. The SMILES string of the molecule is CCOCCCNC(=O)c1ccc(OCC(C)C)c(N)c1. The molecule has 0 saturated carbocycles. The molecule has 0 aromatic heterocycles. The van der Waals surface area contributed by atoms with Gasteiger partial charge >= 0.3 is 0 Å². The lowest BCUT2D eigenvalue weighted by Gasteiger charge is -2.12. The lowest BCUT2D eigenvalue weighted by atomic mass is 10.1. The molecule has 0 heterocycles. The minimum absolute atomic E-state index is 0.131. The Hall–Kier alpha value is -1.75. The minimum atomic E-state index is -0.131. The molecule has 0 bridgehead atoms. The first-order valence-electron chi connectivity index (χ1n) is 7.42. The van der Waals surface area contributed by atoms with Crippen molar-refractivity contribution in [3.05, 3.63) is 23.8 Å². The van der Waals surface area contributed by atoms with Gasteiger partial charge in [0.2, 0.25) is 0 Å². The third kappa shape index (κ3) is 6.49. The van der Waals surface area contributed by atoms with Gasteiger partial charge in [0.25, 0.3) is 5.91 Å². The monoisotopic (exact) mass is 294 g/mol. The van der Waals surface area contributed by atoms with Crippen LogP contribution >= 0.6 is 0 Å². The van der Waals surface area contributed by atoms with Gasteiger partial charge in [-0.15, -0.1) is 0 Å². The molecule has 5 heteroatoms. The van der Waals surface area contributed by atoms with Crippen LogP contribution in [-0.4, -0.2) is 32.3 Å². The summed E-state index contributed by atoms with van der Waals surface area (Å²) in [6.07, 6.45) is 0.796. The van der Waals surface area contributed by atoms with Gasteiger partial charge in [-0.05, 0) is 37.5 Å². The minimum Gasteiger partial charge on any atom is -0.491 e. The number of hydrogen-bond acceptors (Lipinski definition) is 4. The summed E-state index contributed by atoms with van der Waals surface area (Å²) in [5.74, 6) is 0.919. The summed E-state index contributed by atoms with van der Waals surface area (Å²) >= 11 is 0. The number of carbonyl (C=O) groups excluding carboxylic acids is 1. The Bertz CT molecular complexity index is 447. The second-order valence-corrected chi connectivity index (χ2v) is 5.26. The maximum absolute atomic E-state index is 12.0. The Morgan fingerprint density at radius 1 is 1.38 bits per heavy atom. The molecule has 118 valence electrons. The molecule has 1 aromatic carbocycles. The summed E-state index contributed by atoms with van der Waals surface area (Å²) in [6, 6.07) is 5.12. The van der Waals surface area contributed by atoms with E-state index in [0.717, 1.165) is 6.42 Å². The number of rotatable bonds is 9. The van der Waals surface area contributed by atoms with Gasteiger partial charge in [-0.3, -0.25) is 4.79 Å². The summed E-state index contributed by atoms with van der Waals surface area (Å²) in [5, 5.41) is 2.84. The molecule has 0 aliphatic heterocycles. The summed E-state index contributed by atoms with van der Waals surface area (Å²) in [4.78, 5) is 12.0. The van der Waals surface area contributed by atoms with Crippen molar-refractivity contribution in [2.45, 2.75) is 27.2 Å². The van der Waals surface area contributed by atoms with Crippen molar-refractivity contribution in [3.63, 3.8) is 0 Å². The molecule has 0 atom stereocenters. The second kappa shape index (κ2) is 9.23. The number of nitrogens with one attached hydrogen (secondary N) is 1. The largest absolute Gasteiger partial charge is 0.491 e. The number of amides is 1. The molecule has 21 heavy (non-hydrogen) atoms. The van der Waals surface area contributed by atoms with Crippen molar-refractivity contribution >= 4 is 11.6 Å². The zero-order valence-corrected chi connectivity index (χ0v) is 13.1. The van der Waals surface area contributed by atoms with Gasteiger partial charge in [-0.2, -0.15) is 0 Å². The number of anilines is 1. The maximum Gasteiger partial charge on any atom is 0.251 e. The molecule has 0 spiro atoms. The number of nitrogens with two attached hydrogens (primary N) is 1. The summed E-state index contributed by atoms with van der Waals surface area (Å²) in [7, 11) is 0. The van der Waals surface area contributed by atoms with E-state index in [2.05, 4.69) is 19.2 Å². The van der Waals surface area contributed by atoms with Gasteiger partial charge in [0.05, 0.1) is 12.3 Å². The van der Waals surface area contributed by atoms with Crippen LogP contribution in [-0.2, 0) is 4.74 Å². The Morgan fingerprint density at radius 2 is 2.14 bits per heavy atom. The number of benzene rings is 1. The van der Waals surface area contributed by atoms with Gasteiger partial charge < -0.3 is 20.5 Å². The lowest BCUT2D eigenvalue weighted by Crippen LogP contribution is -2.25. The van der Waals surface area contributed by atoms with E-state index in [9.17, 15) is 4.79 Å².